The van der Waals surface area contributed by atoms with E-state index in [1.54, 1.807) is 36.5 Å². The first-order valence-corrected chi connectivity index (χ1v) is 14.0. The van der Waals surface area contributed by atoms with Gasteiger partial charge in [-0.15, -0.1) is 0 Å². The molecule has 10 heteroatoms. The summed E-state index contributed by atoms with van der Waals surface area (Å²) in [5.74, 6) is 0.445. The lowest BCUT2D eigenvalue weighted by atomic mass is 10.2. The molecule has 0 unspecified atom stereocenters. The summed E-state index contributed by atoms with van der Waals surface area (Å²) >= 11 is 1.39. The van der Waals surface area contributed by atoms with E-state index in [9.17, 15) is 13.2 Å². The summed E-state index contributed by atoms with van der Waals surface area (Å²) in [7, 11) is -1.96. The number of fused-ring (bicyclic) bond motifs is 1. The molecule has 5 rings (SSSR count). The zero-order chi connectivity index (χ0) is 25.1. The van der Waals surface area contributed by atoms with E-state index in [-0.39, 0.29) is 17.3 Å². The molecule has 1 aliphatic rings. The van der Waals surface area contributed by atoms with Gasteiger partial charge in [0.05, 0.1) is 28.8 Å². The lowest BCUT2D eigenvalue weighted by Crippen LogP contribution is -2.35. The highest BCUT2D eigenvalue weighted by Crippen LogP contribution is 2.33. The smallest absolute Gasteiger partial charge is 0.260 e. The minimum absolute atomic E-state index is 0.201. The van der Waals surface area contributed by atoms with Crippen molar-refractivity contribution in [1.82, 2.24) is 14.3 Å². The van der Waals surface area contributed by atoms with Gasteiger partial charge in [-0.2, -0.15) is 4.31 Å². The second kappa shape index (κ2) is 10.3. The molecular weight excluding hydrogens is 496 g/mol. The molecule has 2 aromatic heterocycles. The summed E-state index contributed by atoms with van der Waals surface area (Å²) in [6, 6.07) is 15.5. The fourth-order valence-corrected chi connectivity index (χ4v) is 6.72. The maximum Gasteiger partial charge on any atom is 0.260 e. The van der Waals surface area contributed by atoms with Gasteiger partial charge in [0, 0.05) is 31.0 Å². The molecule has 1 aliphatic heterocycles. The van der Waals surface area contributed by atoms with Crippen molar-refractivity contribution in [2.45, 2.75) is 30.7 Å². The summed E-state index contributed by atoms with van der Waals surface area (Å²) in [6.07, 6.45) is 6.18. The van der Waals surface area contributed by atoms with Gasteiger partial charge >= 0.3 is 0 Å². The number of nitrogens with zero attached hydrogens (tertiary/aromatic N) is 4. The van der Waals surface area contributed by atoms with Crippen molar-refractivity contribution in [2.75, 3.05) is 25.1 Å². The van der Waals surface area contributed by atoms with Crippen LogP contribution in [0.25, 0.3) is 10.2 Å². The van der Waals surface area contributed by atoms with Gasteiger partial charge in [0.25, 0.3) is 5.91 Å². The highest BCUT2D eigenvalue weighted by atomic mass is 32.2. The number of carbonyl (C=O) groups is 1. The number of piperidine rings is 1. The van der Waals surface area contributed by atoms with Crippen LogP contribution in [0.2, 0.25) is 0 Å². The highest BCUT2D eigenvalue weighted by Gasteiger charge is 2.27. The predicted octanol–water partition coefficient (Wildman–Crippen LogP) is 4.72. The van der Waals surface area contributed by atoms with E-state index < -0.39 is 10.0 Å². The number of hydrogen-bond acceptors (Lipinski definition) is 7. The molecule has 1 fully saturated rings. The van der Waals surface area contributed by atoms with Crippen molar-refractivity contribution in [3.05, 3.63) is 78.1 Å². The molecule has 4 aromatic rings. The largest absolute Gasteiger partial charge is 0.497 e. The molecule has 1 amide bonds. The van der Waals surface area contributed by atoms with E-state index in [1.165, 1.54) is 27.8 Å². The standard InChI is InChI=1S/C26H26N4O4S2/c1-34-21-9-12-23-24(16-21)35-26(28-23)30(18-19-6-5-13-27-17-19)25(31)20-7-10-22(11-8-20)36(32,33)29-14-3-2-4-15-29/h5-13,16-17H,2-4,14-15,18H2,1H3. The Morgan fingerprint density at radius 2 is 1.86 bits per heavy atom. The predicted molar refractivity (Wildman–Crippen MR) is 140 cm³/mol. The number of anilines is 1. The number of sulfonamides is 1. The topological polar surface area (TPSA) is 92.7 Å². The normalized spacial score (nSPS) is 14.6. The summed E-state index contributed by atoms with van der Waals surface area (Å²) in [5.41, 5.74) is 2.00. The van der Waals surface area contributed by atoms with Crippen LogP contribution in [0.3, 0.4) is 0 Å². The lowest BCUT2D eigenvalue weighted by molar-refractivity contribution is 0.0985. The molecule has 2 aromatic carbocycles. The van der Waals surface area contributed by atoms with Crippen molar-refractivity contribution in [3.63, 3.8) is 0 Å². The van der Waals surface area contributed by atoms with Crippen LogP contribution in [-0.2, 0) is 16.6 Å². The van der Waals surface area contributed by atoms with Gasteiger partial charge in [-0.05, 0) is 66.9 Å². The van der Waals surface area contributed by atoms with E-state index in [0.717, 1.165) is 35.0 Å². The Morgan fingerprint density at radius 1 is 1.08 bits per heavy atom. The molecule has 0 saturated carbocycles. The maximum atomic E-state index is 13.7. The van der Waals surface area contributed by atoms with Gasteiger partial charge in [-0.1, -0.05) is 23.8 Å². The molecule has 0 N–H and O–H groups in total. The Bertz CT molecular complexity index is 1470. The van der Waals surface area contributed by atoms with E-state index in [2.05, 4.69) is 4.98 Å². The Hall–Kier alpha value is -3.34. The first-order valence-electron chi connectivity index (χ1n) is 11.7. The number of methoxy groups -OCH3 is 1. The Balaban J connectivity index is 1.47. The molecule has 0 aliphatic carbocycles. The monoisotopic (exact) mass is 522 g/mol. The second-order valence-electron chi connectivity index (χ2n) is 8.57. The van der Waals surface area contributed by atoms with Gasteiger partial charge in [0.1, 0.15) is 5.75 Å². The second-order valence-corrected chi connectivity index (χ2v) is 11.5. The van der Waals surface area contributed by atoms with Gasteiger partial charge in [-0.25, -0.2) is 13.4 Å². The van der Waals surface area contributed by atoms with Gasteiger partial charge in [0.15, 0.2) is 5.13 Å². The molecule has 1 saturated heterocycles. The van der Waals surface area contributed by atoms with Crippen molar-refractivity contribution in [1.29, 1.82) is 0 Å². The Labute approximate surface area is 214 Å². The number of ether oxygens (including phenoxy) is 1. The van der Waals surface area contributed by atoms with Gasteiger partial charge in [-0.3, -0.25) is 14.7 Å². The zero-order valence-electron chi connectivity index (χ0n) is 19.8. The number of carbonyl (C=O) groups excluding carboxylic acids is 1. The van der Waals surface area contributed by atoms with E-state index in [1.807, 2.05) is 30.3 Å². The third kappa shape index (κ3) is 4.97. The Morgan fingerprint density at radius 3 is 2.56 bits per heavy atom. The first-order chi connectivity index (χ1) is 17.5. The number of amides is 1. The molecule has 3 heterocycles. The fourth-order valence-electron chi connectivity index (χ4n) is 4.22. The fraction of sp³-hybridized carbons (Fsp3) is 0.269. The average Bonchev–Trinajstić information content (AvgIpc) is 3.35. The van der Waals surface area contributed by atoms with Crippen LogP contribution in [0.4, 0.5) is 5.13 Å². The number of rotatable bonds is 7. The van der Waals surface area contributed by atoms with Crippen LogP contribution < -0.4 is 9.64 Å². The van der Waals surface area contributed by atoms with Crippen molar-refractivity contribution in [3.8, 4) is 5.75 Å². The third-order valence-corrected chi connectivity index (χ3v) is 9.13. The van der Waals surface area contributed by atoms with E-state index in [0.29, 0.717) is 29.5 Å². The molecular formula is C26H26N4O4S2. The van der Waals surface area contributed by atoms with Crippen molar-refractivity contribution in [2.24, 2.45) is 0 Å². The SMILES string of the molecule is COc1ccc2nc(N(Cc3cccnc3)C(=O)c3ccc(S(=O)(=O)N4CCCCC4)cc3)sc2c1. The van der Waals surface area contributed by atoms with Crippen molar-refractivity contribution >= 4 is 42.6 Å². The summed E-state index contributed by atoms with van der Waals surface area (Å²) in [4.78, 5) is 24.4. The number of thiazole rings is 1. The maximum absolute atomic E-state index is 13.7. The van der Waals surface area contributed by atoms with Gasteiger partial charge < -0.3 is 4.74 Å². The molecule has 0 atom stereocenters. The average molecular weight is 523 g/mol. The number of benzene rings is 2. The summed E-state index contributed by atoms with van der Waals surface area (Å²) in [5, 5.41) is 0.539. The van der Waals surface area contributed by atoms with Gasteiger partial charge in [0.2, 0.25) is 10.0 Å². The van der Waals surface area contributed by atoms with Crippen LogP contribution in [-0.4, -0.2) is 48.8 Å². The highest BCUT2D eigenvalue weighted by molar-refractivity contribution is 7.89. The number of hydrogen-bond donors (Lipinski definition) is 0. The lowest BCUT2D eigenvalue weighted by Gasteiger charge is -2.26. The molecule has 8 nitrogen and oxygen atoms in total. The zero-order valence-corrected chi connectivity index (χ0v) is 21.5. The quantitative estimate of drug-likeness (QED) is 0.349. The van der Waals surface area contributed by atoms with E-state index >= 15 is 0 Å². The molecule has 36 heavy (non-hydrogen) atoms. The summed E-state index contributed by atoms with van der Waals surface area (Å²) < 4.78 is 33.8. The minimum Gasteiger partial charge on any atom is -0.497 e. The van der Waals surface area contributed by atoms with Crippen LogP contribution in [0.15, 0.2) is 71.9 Å². The first kappa shape index (κ1) is 24.4. The van der Waals surface area contributed by atoms with Crippen LogP contribution in [0.5, 0.6) is 5.75 Å². The molecule has 186 valence electrons. The number of pyridine rings is 1. The van der Waals surface area contributed by atoms with Crippen molar-refractivity contribution < 1.29 is 17.9 Å². The Kier molecular flexibility index (Phi) is 6.99. The summed E-state index contributed by atoms with van der Waals surface area (Å²) in [6.45, 7) is 1.34. The molecule has 0 spiro atoms. The van der Waals surface area contributed by atoms with Crippen LogP contribution in [0.1, 0.15) is 35.2 Å². The minimum atomic E-state index is -3.57. The number of aromatic nitrogens is 2. The molecule has 0 radical (unpaired) electrons. The van der Waals surface area contributed by atoms with E-state index in [4.69, 9.17) is 9.72 Å². The third-order valence-electron chi connectivity index (χ3n) is 6.18. The van der Waals surface area contributed by atoms with Crippen LogP contribution in [0, 0.1) is 0 Å². The van der Waals surface area contributed by atoms with Crippen LogP contribution >= 0.6 is 11.3 Å². The molecule has 0 bridgehead atoms.